The fourth-order valence-electron chi connectivity index (χ4n) is 3.26. The van der Waals surface area contributed by atoms with E-state index in [1.807, 2.05) is 0 Å². The molecule has 1 aromatic heterocycles. The van der Waals surface area contributed by atoms with Crippen molar-refractivity contribution in [1.82, 2.24) is 9.99 Å². The molecule has 2 aliphatic heterocycles. The predicted molar refractivity (Wildman–Crippen MR) is 94.8 cm³/mol. The number of nitrogens with one attached hydrogen (secondary N) is 1. The van der Waals surface area contributed by atoms with Crippen molar-refractivity contribution < 1.29 is 14.4 Å². The second-order valence-electron chi connectivity index (χ2n) is 6.30. The Labute approximate surface area is 149 Å². The van der Waals surface area contributed by atoms with Gasteiger partial charge in [-0.15, -0.1) is 0 Å². The van der Waals surface area contributed by atoms with Gasteiger partial charge in [0.15, 0.2) is 5.78 Å². The molecular formula is C19H16N4O3. The average molecular weight is 348 g/mol. The number of hydrogen-bond acceptors (Lipinski definition) is 5. The third-order valence-electron chi connectivity index (χ3n) is 4.62. The number of benzene rings is 1. The number of carbonyl (C=O) groups excluding carboxylic acids is 3. The zero-order chi connectivity index (χ0) is 18.3. The van der Waals surface area contributed by atoms with Crippen molar-refractivity contribution in [3.63, 3.8) is 0 Å². The zero-order valence-corrected chi connectivity index (χ0v) is 14.1. The van der Waals surface area contributed by atoms with Crippen LogP contribution in [0.15, 0.2) is 47.8 Å². The van der Waals surface area contributed by atoms with Crippen LogP contribution in [0.5, 0.6) is 0 Å². The van der Waals surface area contributed by atoms with Gasteiger partial charge in [-0.1, -0.05) is 0 Å². The number of Topliss-reactive ketones (excluding diaryl/α,β-unsaturated/α-hetero) is 1. The minimum atomic E-state index is -0.973. The maximum absolute atomic E-state index is 13.1. The number of aromatic nitrogens is 1. The Hall–Kier alpha value is -3.35. The van der Waals surface area contributed by atoms with Gasteiger partial charge in [-0.3, -0.25) is 19.4 Å². The number of rotatable bonds is 3. The van der Waals surface area contributed by atoms with E-state index in [0.717, 1.165) is 11.3 Å². The lowest BCUT2D eigenvalue weighted by atomic mass is 9.88. The number of anilines is 1. The molecule has 3 heterocycles. The van der Waals surface area contributed by atoms with E-state index < -0.39 is 5.92 Å². The molecule has 0 unspecified atom stereocenters. The van der Waals surface area contributed by atoms with Gasteiger partial charge in [-0.05, 0) is 42.3 Å². The van der Waals surface area contributed by atoms with Gasteiger partial charge >= 0.3 is 0 Å². The number of hydrogen-bond donors (Lipinski definition) is 1. The van der Waals surface area contributed by atoms with Crippen LogP contribution < -0.4 is 5.32 Å². The molecule has 0 bridgehead atoms. The van der Waals surface area contributed by atoms with Gasteiger partial charge in [-0.25, -0.2) is 5.01 Å². The van der Waals surface area contributed by atoms with Gasteiger partial charge in [0.25, 0.3) is 5.91 Å². The monoisotopic (exact) mass is 348 g/mol. The molecule has 0 fully saturated rings. The molecule has 0 spiro atoms. The van der Waals surface area contributed by atoms with Crippen LogP contribution in [0.1, 0.15) is 27.9 Å². The first-order chi connectivity index (χ1) is 12.5. The van der Waals surface area contributed by atoms with E-state index >= 15 is 0 Å². The molecule has 1 N–H and O–H groups in total. The highest BCUT2D eigenvalue weighted by Crippen LogP contribution is 2.28. The lowest BCUT2D eigenvalue weighted by molar-refractivity contribution is -0.129. The van der Waals surface area contributed by atoms with Gasteiger partial charge in [0.1, 0.15) is 5.92 Å². The maximum Gasteiger partial charge on any atom is 0.259 e. The molecular weight excluding hydrogens is 332 g/mol. The zero-order valence-electron chi connectivity index (χ0n) is 14.1. The van der Waals surface area contributed by atoms with Gasteiger partial charge in [-0.2, -0.15) is 5.10 Å². The van der Waals surface area contributed by atoms with Crippen molar-refractivity contribution in [3.05, 3.63) is 59.4 Å². The standard InChI is InChI=1S/C19H16N4O3/c1-23-19(26)16(17(22-23)11-6-8-20-9-7-11)18(25)13-2-4-14-12(10-13)3-5-15(24)21-14/h2,4,6-10,16H,3,5H2,1H3,(H,21,24)/t16-/m1/s1. The van der Waals surface area contributed by atoms with Crippen LogP contribution in [0.3, 0.4) is 0 Å². The van der Waals surface area contributed by atoms with Gasteiger partial charge in [0.2, 0.25) is 5.91 Å². The number of ketones is 1. The first-order valence-corrected chi connectivity index (χ1v) is 8.28. The summed E-state index contributed by atoms with van der Waals surface area (Å²) in [6.45, 7) is 0. The minimum Gasteiger partial charge on any atom is -0.326 e. The summed E-state index contributed by atoms with van der Waals surface area (Å²) in [6, 6.07) is 8.57. The Morgan fingerprint density at radius 3 is 2.69 bits per heavy atom. The van der Waals surface area contributed by atoms with Gasteiger partial charge < -0.3 is 5.32 Å². The quantitative estimate of drug-likeness (QED) is 0.674. The molecule has 7 nitrogen and oxygen atoms in total. The van der Waals surface area contributed by atoms with Crippen LogP contribution in [0.25, 0.3) is 0 Å². The summed E-state index contributed by atoms with van der Waals surface area (Å²) in [5.74, 6) is -1.66. The first-order valence-electron chi connectivity index (χ1n) is 8.28. The molecule has 2 aliphatic rings. The second-order valence-corrected chi connectivity index (χ2v) is 6.30. The van der Waals surface area contributed by atoms with E-state index in [9.17, 15) is 14.4 Å². The smallest absolute Gasteiger partial charge is 0.259 e. The number of pyridine rings is 1. The average Bonchev–Trinajstić information content (AvgIpc) is 2.96. The fraction of sp³-hybridized carbons (Fsp3) is 0.211. The van der Waals surface area contributed by atoms with Crippen LogP contribution in [0.2, 0.25) is 0 Å². The van der Waals surface area contributed by atoms with Crippen molar-refractivity contribution in [2.24, 2.45) is 11.0 Å². The van der Waals surface area contributed by atoms with Gasteiger partial charge in [0.05, 0.1) is 5.71 Å². The van der Waals surface area contributed by atoms with E-state index in [1.54, 1.807) is 49.8 Å². The molecule has 4 rings (SSSR count). The highest BCUT2D eigenvalue weighted by molar-refractivity contribution is 6.31. The SMILES string of the molecule is CN1N=C(c2ccncc2)[C@H](C(=O)c2ccc3c(c2)CCC(=O)N3)C1=O. The third-order valence-corrected chi connectivity index (χ3v) is 4.62. The Morgan fingerprint density at radius 2 is 1.92 bits per heavy atom. The lowest BCUT2D eigenvalue weighted by Crippen LogP contribution is -2.32. The van der Waals surface area contributed by atoms with Crippen LogP contribution in [-0.2, 0) is 16.0 Å². The maximum atomic E-state index is 13.1. The minimum absolute atomic E-state index is 0.0312. The molecule has 2 amide bonds. The second kappa shape index (κ2) is 6.18. The number of hydrazone groups is 1. The van der Waals surface area contributed by atoms with E-state index in [-0.39, 0.29) is 17.6 Å². The van der Waals surface area contributed by atoms with Crippen molar-refractivity contribution >= 4 is 29.0 Å². The molecule has 7 heteroatoms. The lowest BCUT2D eigenvalue weighted by Gasteiger charge is -2.18. The number of carbonyl (C=O) groups is 3. The van der Waals surface area contributed by atoms with Crippen molar-refractivity contribution in [2.75, 3.05) is 12.4 Å². The summed E-state index contributed by atoms with van der Waals surface area (Å²) >= 11 is 0. The van der Waals surface area contributed by atoms with Crippen molar-refractivity contribution in [1.29, 1.82) is 0 Å². The molecule has 26 heavy (non-hydrogen) atoms. The first kappa shape index (κ1) is 16.1. The normalized spacial score (nSPS) is 19.0. The highest BCUT2D eigenvalue weighted by atomic mass is 16.2. The number of amides is 2. The number of aryl methyl sites for hydroxylation is 1. The summed E-state index contributed by atoms with van der Waals surface area (Å²) in [4.78, 5) is 41.1. The molecule has 0 aliphatic carbocycles. The summed E-state index contributed by atoms with van der Waals surface area (Å²) in [7, 11) is 1.54. The molecule has 0 saturated carbocycles. The molecule has 0 saturated heterocycles. The van der Waals surface area contributed by atoms with E-state index in [4.69, 9.17) is 0 Å². The van der Waals surface area contributed by atoms with E-state index in [0.29, 0.717) is 29.7 Å². The summed E-state index contributed by atoms with van der Waals surface area (Å²) in [6.07, 6.45) is 4.17. The molecule has 0 radical (unpaired) electrons. The largest absolute Gasteiger partial charge is 0.326 e. The number of fused-ring (bicyclic) bond motifs is 1. The van der Waals surface area contributed by atoms with Crippen molar-refractivity contribution in [2.45, 2.75) is 12.8 Å². The van der Waals surface area contributed by atoms with E-state index in [2.05, 4.69) is 15.4 Å². The summed E-state index contributed by atoms with van der Waals surface area (Å²) < 4.78 is 0. The summed E-state index contributed by atoms with van der Waals surface area (Å²) in [5.41, 5.74) is 3.18. The van der Waals surface area contributed by atoms with Crippen LogP contribution >= 0.6 is 0 Å². The number of nitrogens with zero attached hydrogens (tertiary/aromatic N) is 3. The molecule has 2 aromatic rings. The molecule has 130 valence electrons. The van der Waals surface area contributed by atoms with Crippen LogP contribution in [0, 0.1) is 5.92 Å². The van der Waals surface area contributed by atoms with Crippen molar-refractivity contribution in [3.8, 4) is 0 Å². The topological polar surface area (TPSA) is 91.7 Å². The summed E-state index contributed by atoms with van der Waals surface area (Å²) in [5, 5.41) is 8.26. The molecule has 1 atom stereocenters. The van der Waals surface area contributed by atoms with Crippen LogP contribution in [0.4, 0.5) is 5.69 Å². The Bertz CT molecular complexity index is 953. The van der Waals surface area contributed by atoms with E-state index in [1.165, 1.54) is 5.01 Å². The fourth-order valence-corrected chi connectivity index (χ4v) is 3.26. The predicted octanol–water partition coefficient (Wildman–Crippen LogP) is 1.64. The van der Waals surface area contributed by atoms with Gasteiger partial charge in [0, 0.05) is 42.7 Å². The highest BCUT2D eigenvalue weighted by Gasteiger charge is 2.40. The molecule has 1 aromatic carbocycles. The third kappa shape index (κ3) is 2.67. The Morgan fingerprint density at radius 1 is 1.15 bits per heavy atom. The van der Waals surface area contributed by atoms with Crippen LogP contribution in [-0.4, -0.2) is 40.3 Å². The Kier molecular flexibility index (Phi) is 3.84. The Balaban J connectivity index is 1.70.